The van der Waals surface area contributed by atoms with Crippen molar-refractivity contribution in [3.8, 4) is 0 Å². The van der Waals surface area contributed by atoms with Crippen molar-refractivity contribution in [2.75, 3.05) is 4.43 Å². The van der Waals surface area contributed by atoms with Gasteiger partial charge in [0.05, 0.1) is 0 Å². The highest BCUT2D eigenvalue weighted by Gasteiger charge is 2.16. The third-order valence-corrected chi connectivity index (χ3v) is 5.33. The van der Waals surface area contributed by atoms with E-state index in [4.69, 9.17) is 0 Å². The maximum absolute atomic E-state index is 11.6. The molecule has 0 aliphatic carbocycles. The number of benzene rings is 1. The van der Waals surface area contributed by atoms with Gasteiger partial charge < -0.3 is 4.98 Å². The molecule has 1 aromatic heterocycles. The van der Waals surface area contributed by atoms with E-state index in [9.17, 15) is 4.79 Å². The zero-order valence-electron chi connectivity index (χ0n) is 10.8. The van der Waals surface area contributed by atoms with Crippen LogP contribution in [0.15, 0.2) is 35.1 Å². The third kappa shape index (κ3) is 3.13. The fourth-order valence-electron chi connectivity index (χ4n) is 2.02. The van der Waals surface area contributed by atoms with Gasteiger partial charge in [-0.1, -0.05) is 54.6 Å². The topological polar surface area (TPSA) is 32.9 Å². The summed E-state index contributed by atoms with van der Waals surface area (Å²) in [5.41, 5.74) is 2.42. The van der Waals surface area contributed by atoms with Gasteiger partial charge in [0.15, 0.2) is 0 Å². The highest BCUT2D eigenvalue weighted by Crippen LogP contribution is 2.26. The van der Waals surface area contributed by atoms with Crippen LogP contribution in [0.4, 0.5) is 0 Å². The summed E-state index contributed by atoms with van der Waals surface area (Å²) < 4.78 is 1.13. The van der Waals surface area contributed by atoms with E-state index in [1.54, 1.807) is 6.07 Å². The van der Waals surface area contributed by atoms with Gasteiger partial charge in [-0.2, -0.15) is 0 Å². The van der Waals surface area contributed by atoms with E-state index in [1.807, 2.05) is 18.2 Å². The molecule has 0 unspecified atom stereocenters. The number of H-pyrrole nitrogens is 1. The van der Waals surface area contributed by atoms with E-state index in [2.05, 4.69) is 47.5 Å². The second-order valence-corrected chi connectivity index (χ2v) is 6.27. The SMILES string of the molecule is CC(C)(CI)CCc1cc(=O)[nH]c2ccccc12. The molecule has 0 bridgehead atoms. The van der Waals surface area contributed by atoms with E-state index < -0.39 is 0 Å². The Balaban J connectivity index is 2.36. The van der Waals surface area contributed by atoms with Crippen molar-refractivity contribution in [1.82, 2.24) is 4.98 Å². The Labute approximate surface area is 121 Å². The first-order valence-electron chi connectivity index (χ1n) is 6.19. The number of fused-ring (bicyclic) bond motifs is 1. The minimum absolute atomic E-state index is 0.00372. The molecular weight excluding hydrogens is 337 g/mol. The van der Waals surface area contributed by atoms with Crippen molar-refractivity contribution in [1.29, 1.82) is 0 Å². The van der Waals surface area contributed by atoms with Gasteiger partial charge in [0, 0.05) is 21.4 Å². The molecule has 1 aromatic carbocycles. The van der Waals surface area contributed by atoms with Crippen LogP contribution in [0, 0.1) is 5.41 Å². The Bertz CT molecular complexity index is 601. The maximum atomic E-state index is 11.6. The van der Waals surface area contributed by atoms with Gasteiger partial charge in [-0.25, -0.2) is 0 Å². The molecule has 18 heavy (non-hydrogen) atoms. The van der Waals surface area contributed by atoms with Crippen LogP contribution in [-0.4, -0.2) is 9.41 Å². The molecule has 2 rings (SSSR count). The van der Waals surface area contributed by atoms with Crippen molar-refractivity contribution >= 4 is 33.5 Å². The fraction of sp³-hybridized carbons (Fsp3) is 0.400. The number of para-hydroxylation sites is 1. The van der Waals surface area contributed by atoms with Crippen LogP contribution in [0.5, 0.6) is 0 Å². The first-order chi connectivity index (χ1) is 8.52. The molecule has 0 amide bonds. The molecule has 3 heteroatoms. The third-order valence-electron chi connectivity index (χ3n) is 3.27. The molecule has 0 saturated heterocycles. The molecule has 1 N–H and O–H groups in total. The monoisotopic (exact) mass is 355 g/mol. The fourth-order valence-corrected chi connectivity index (χ4v) is 2.41. The number of hydrogen-bond donors (Lipinski definition) is 1. The summed E-state index contributed by atoms with van der Waals surface area (Å²) in [7, 11) is 0. The number of aromatic nitrogens is 1. The summed E-state index contributed by atoms with van der Waals surface area (Å²) in [5, 5.41) is 1.17. The van der Waals surface area contributed by atoms with Gasteiger partial charge in [0.2, 0.25) is 5.56 Å². The smallest absolute Gasteiger partial charge is 0.248 e. The van der Waals surface area contributed by atoms with E-state index >= 15 is 0 Å². The molecular formula is C15H18INO. The minimum atomic E-state index is -0.00372. The molecule has 2 nitrogen and oxygen atoms in total. The number of alkyl halides is 1. The molecule has 0 saturated carbocycles. The maximum Gasteiger partial charge on any atom is 0.248 e. The van der Waals surface area contributed by atoms with Crippen LogP contribution < -0.4 is 5.56 Å². The first-order valence-corrected chi connectivity index (χ1v) is 7.71. The largest absolute Gasteiger partial charge is 0.322 e. The molecule has 0 aliphatic rings. The number of nitrogens with one attached hydrogen (secondary N) is 1. The van der Waals surface area contributed by atoms with Crippen molar-refractivity contribution in [3.63, 3.8) is 0 Å². The van der Waals surface area contributed by atoms with E-state index in [0.29, 0.717) is 5.41 Å². The van der Waals surface area contributed by atoms with Crippen LogP contribution in [0.25, 0.3) is 10.9 Å². The number of aromatic amines is 1. The number of halogens is 1. The van der Waals surface area contributed by atoms with Gasteiger partial charge in [0.1, 0.15) is 0 Å². The molecule has 2 aromatic rings. The van der Waals surface area contributed by atoms with Crippen LogP contribution >= 0.6 is 22.6 Å². The molecule has 1 heterocycles. The molecule has 0 atom stereocenters. The van der Waals surface area contributed by atoms with E-state index in [1.165, 1.54) is 5.39 Å². The average Bonchev–Trinajstić information content (AvgIpc) is 2.36. The number of rotatable bonds is 4. The lowest BCUT2D eigenvalue weighted by Gasteiger charge is -2.21. The second kappa shape index (κ2) is 5.43. The van der Waals surface area contributed by atoms with Gasteiger partial charge in [-0.05, 0) is 29.9 Å². The molecule has 0 spiro atoms. The van der Waals surface area contributed by atoms with Crippen LogP contribution in [-0.2, 0) is 6.42 Å². The Morgan fingerprint density at radius 1 is 1.28 bits per heavy atom. The Kier molecular flexibility index (Phi) is 4.10. The summed E-state index contributed by atoms with van der Waals surface area (Å²) in [6, 6.07) is 9.76. The lowest BCUT2D eigenvalue weighted by atomic mass is 9.88. The standard InChI is InChI=1S/C15H18INO/c1-15(2,10-16)8-7-11-9-14(18)17-13-6-4-3-5-12(11)13/h3-6,9H,7-8,10H2,1-2H3,(H,17,18). The lowest BCUT2D eigenvalue weighted by Crippen LogP contribution is -2.15. The average molecular weight is 355 g/mol. The van der Waals surface area contributed by atoms with Crippen molar-refractivity contribution in [2.45, 2.75) is 26.7 Å². The van der Waals surface area contributed by atoms with Crippen LogP contribution in [0.2, 0.25) is 0 Å². The predicted octanol–water partition coefficient (Wildman–Crippen LogP) is 3.92. The highest BCUT2D eigenvalue weighted by molar-refractivity contribution is 14.1. The van der Waals surface area contributed by atoms with Gasteiger partial charge in [-0.3, -0.25) is 4.79 Å². The Hall–Kier alpha value is -0.840. The highest BCUT2D eigenvalue weighted by atomic mass is 127. The molecule has 96 valence electrons. The minimum Gasteiger partial charge on any atom is -0.322 e. The number of hydrogen-bond acceptors (Lipinski definition) is 1. The predicted molar refractivity (Wildman–Crippen MR) is 85.6 cm³/mol. The number of aryl methyl sites for hydroxylation is 1. The van der Waals surface area contributed by atoms with Crippen molar-refractivity contribution < 1.29 is 0 Å². The summed E-state index contributed by atoms with van der Waals surface area (Å²) in [4.78, 5) is 14.5. The van der Waals surface area contributed by atoms with Gasteiger partial charge in [0.25, 0.3) is 0 Å². The van der Waals surface area contributed by atoms with Crippen molar-refractivity contribution in [3.05, 3.63) is 46.2 Å². The summed E-state index contributed by atoms with van der Waals surface area (Å²) in [5.74, 6) is 0. The van der Waals surface area contributed by atoms with Crippen LogP contribution in [0.1, 0.15) is 25.8 Å². The zero-order valence-corrected chi connectivity index (χ0v) is 13.0. The summed E-state index contributed by atoms with van der Waals surface area (Å²) in [6.45, 7) is 4.55. The van der Waals surface area contributed by atoms with Crippen molar-refractivity contribution in [2.24, 2.45) is 5.41 Å². The quantitative estimate of drug-likeness (QED) is 0.654. The lowest BCUT2D eigenvalue weighted by molar-refractivity contribution is 0.395. The zero-order chi connectivity index (χ0) is 13.2. The Morgan fingerprint density at radius 3 is 2.72 bits per heavy atom. The summed E-state index contributed by atoms with van der Waals surface area (Å²) in [6.07, 6.45) is 2.06. The van der Waals surface area contributed by atoms with E-state index in [-0.39, 0.29) is 5.56 Å². The first kappa shape index (κ1) is 13.6. The van der Waals surface area contributed by atoms with E-state index in [0.717, 1.165) is 28.3 Å². The molecule has 0 radical (unpaired) electrons. The van der Waals surface area contributed by atoms with Crippen LogP contribution in [0.3, 0.4) is 0 Å². The summed E-state index contributed by atoms with van der Waals surface area (Å²) >= 11 is 2.43. The Morgan fingerprint density at radius 2 is 2.00 bits per heavy atom. The number of pyridine rings is 1. The molecule has 0 fully saturated rings. The normalized spacial score (nSPS) is 11.9. The second-order valence-electron chi connectivity index (χ2n) is 5.50. The molecule has 0 aliphatic heterocycles. The van der Waals surface area contributed by atoms with Gasteiger partial charge in [-0.15, -0.1) is 0 Å². The van der Waals surface area contributed by atoms with Gasteiger partial charge >= 0.3 is 0 Å².